The summed E-state index contributed by atoms with van der Waals surface area (Å²) in [5.74, 6) is 0.726. The summed E-state index contributed by atoms with van der Waals surface area (Å²) in [6.45, 7) is 2.01. The molecule has 3 aromatic rings. The van der Waals surface area contributed by atoms with E-state index in [1.54, 1.807) is 12.0 Å². The third-order valence-electron chi connectivity index (χ3n) is 4.92. The second-order valence-corrected chi connectivity index (χ2v) is 7.27. The Kier molecular flexibility index (Phi) is 5.24. The quantitative estimate of drug-likeness (QED) is 0.492. The van der Waals surface area contributed by atoms with Gasteiger partial charge in [0.1, 0.15) is 5.75 Å². The van der Waals surface area contributed by atoms with Crippen LogP contribution in [0.4, 0.5) is 5.69 Å². The number of para-hydroxylation sites is 1. The normalized spacial score (nSPS) is 15.0. The van der Waals surface area contributed by atoms with Crippen LogP contribution >= 0.6 is 11.6 Å². The van der Waals surface area contributed by atoms with Crippen LogP contribution in [0.5, 0.6) is 5.75 Å². The van der Waals surface area contributed by atoms with Crippen LogP contribution in [-0.4, -0.2) is 13.0 Å². The molecule has 0 saturated heterocycles. The molecule has 1 amide bonds. The van der Waals surface area contributed by atoms with Gasteiger partial charge >= 0.3 is 0 Å². The smallest absolute Gasteiger partial charge is 0.262 e. The molecule has 0 atom stereocenters. The number of halogens is 1. The zero-order valence-electron chi connectivity index (χ0n) is 16.2. The average molecular weight is 402 g/mol. The maximum Gasteiger partial charge on any atom is 0.262 e. The summed E-state index contributed by atoms with van der Waals surface area (Å²) < 4.78 is 5.21. The van der Waals surface area contributed by atoms with Crippen molar-refractivity contribution in [2.75, 3.05) is 12.0 Å². The summed E-state index contributed by atoms with van der Waals surface area (Å²) in [5.41, 5.74) is 5.24. The van der Waals surface area contributed by atoms with E-state index < -0.39 is 0 Å². The molecule has 0 unspecified atom stereocenters. The van der Waals surface area contributed by atoms with Crippen molar-refractivity contribution in [2.45, 2.75) is 6.92 Å². The van der Waals surface area contributed by atoms with E-state index in [0.29, 0.717) is 10.6 Å². The Bertz CT molecular complexity index is 1110. The van der Waals surface area contributed by atoms with Crippen molar-refractivity contribution in [1.29, 1.82) is 0 Å². The number of hydrogen-bond acceptors (Lipinski definition) is 2. The van der Waals surface area contributed by atoms with Gasteiger partial charge in [-0.05, 0) is 66.1 Å². The average Bonchev–Trinajstić information content (AvgIpc) is 3.05. The molecule has 0 N–H and O–H groups in total. The fourth-order valence-electron chi connectivity index (χ4n) is 3.38. The lowest BCUT2D eigenvalue weighted by Crippen LogP contribution is -2.25. The molecule has 0 saturated carbocycles. The molecule has 3 aromatic carbocycles. The van der Waals surface area contributed by atoms with Gasteiger partial charge in [0.15, 0.2) is 0 Å². The van der Waals surface area contributed by atoms with E-state index in [1.165, 1.54) is 0 Å². The second kappa shape index (κ2) is 7.98. The number of anilines is 1. The molecule has 4 heteroatoms. The van der Waals surface area contributed by atoms with E-state index in [1.807, 2.05) is 91.9 Å². The van der Waals surface area contributed by atoms with Gasteiger partial charge in [-0.25, -0.2) is 0 Å². The Balaban J connectivity index is 1.81. The van der Waals surface area contributed by atoms with Crippen LogP contribution < -0.4 is 9.64 Å². The highest BCUT2D eigenvalue weighted by Crippen LogP contribution is 2.37. The van der Waals surface area contributed by atoms with Gasteiger partial charge in [0.25, 0.3) is 5.91 Å². The highest BCUT2D eigenvalue weighted by molar-refractivity contribution is 6.30. The molecule has 1 aliphatic heterocycles. The largest absolute Gasteiger partial charge is 0.497 e. The zero-order chi connectivity index (χ0) is 20.4. The molecular weight excluding hydrogens is 382 g/mol. The lowest BCUT2D eigenvalue weighted by atomic mass is 10.1. The molecule has 4 rings (SSSR count). The minimum absolute atomic E-state index is 0.0555. The van der Waals surface area contributed by atoms with Crippen molar-refractivity contribution in [1.82, 2.24) is 0 Å². The van der Waals surface area contributed by atoms with Crippen LogP contribution in [0, 0.1) is 6.92 Å². The standard InChI is InChI=1S/C25H20ClNO2/c1-17-5-3-4-6-23(17)27-24(19-9-11-21(26)12-10-19)16-20(25(27)28)15-18-7-13-22(29-2)14-8-18/h3-16H,1-2H3/b20-15-. The Labute approximate surface area is 175 Å². The van der Waals surface area contributed by atoms with Crippen LogP contribution in [0.25, 0.3) is 11.8 Å². The Morgan fingerprint density at radius 2 is 1.62 bits per heavy atom. The number of carbonyl (C=O) groups is 1. The first kappa shape index (κ1) is 19.0. The van der Waals surface area contributed by atoms with Crippen molar-refractivity contribution in [2.24, 2.45) is 0 Å². The van der Waals surface area contributed by atoms with Crippen LogP contribution in [0.15, 0.2) is 84.4 Å². The third-order valence-corrected chi connectivity index (χ3v) is 5.17. The predicted octanol–water partition coefficient (Wildman–Crippen LogP) is 6.13. The van der Waals surface area contributed by atoms with Crippen molar-refractivity contribution in [3.63, 3.8) is 0 Å². The van der Waals surface area contributed by atoms with Crippen LogP contribution in [0.1, 0.15) is 16.7 Å². The fraction of sp³-hybridized carbons (Fsp3) is 0.0800. The monoisotopic (exact) mass is 401 g/mol. The molecule has 0 fully saturated rings. The molecule has 29 heavy (non-hydrogen) atoms. The van der Waals surface area contributed by atoms with Crippen molar-refractivity contribution in [3.05, 3.63) is 106 Å². The summed E-state index contributed by atoms with van der Waals surface area (Å²) >= 11 is 6.06. The maximum atomic E-state index is 13.4. The third kappa shape index (κ3) is 3.82. The van der Waals surface area contributed by atoms with Gasteiger partial charge < -0.3 is 4.74 Å². The van der Waals surface area contributed by atoms with E-state index in [2.05, 4.69) is 0 Å². The molecule has 1 aliphatic rings. The number of benzene rings is 3. The van der Waals surface area contributed by atoms with Crippen molar-refractivity contribution >= 4 is 35.0 Å². The minimum Gasteiger partial charge on any atom is -0.497 e. The van der Waals surface area contributed by atoms with Crippen molar-refractivity contribution < 1.29 is 9.53 Å². The first-order valence-electron chi connectivity index (χ1n) is 9.30. The van der Waals surface area contributed by atoms with E-state index in [0.717, 1.165) is 33.8 Å². The van der Waals surface area contributed by atoms with Gasteiger partial charge in [-0.3, -0.25) is 9.69 Å². The molecule has 0 radical (unpaired) electrons. The summed E-state index contributed by atoms with van der Waals surface area (Å²) in [6.07, 6.45) is 3.83. The van der Waals surface area contributed by atoms with Gasteiger partial charge in [-0.15, -0.1) is 0 Å². The van der Waals surface area contributed by atoms with Crippen molar-refractivity contribution in [3.8, 4) is 5.75 Å². The fourth-order valence-corrected chi connectivity index (χ4v) is 3.51. The molecule has 0 aromatic heterocycles. The number of rotatable bonds is 4. The predicted molar refractivity (Wildman–Crippen MR) is 119 cm³/mol. The summed E-state index contributed by atoms with van der Waals surface area (Å²) in [4.78, 5) is 15.2. The van der Waals surface area contributed by atoms with Gasteiger partial charge in [0.05, 0.1) is 18.5 Å². The Morgan fingerprint density at radius 3 is 2.28 bits per heavy atom. The SMILES string of the molecule is COc1ccc(/C=C2/C=C(c3ccc(Cl)cc3)N(c3ccccc3C)C2=O)cc1. The lowest BCUT2D eigenvalue weighted by molar-refractivity contribution is -0.113. The van der Waals surface area contributed by atoms with E-state index in [4.69, 9.17) is 16.3 Å². The summed E-state index contributed by atoms with van der Waals surface area (Å²) in [6, 6.07) is 23.1. The molecule has 0 spiro atoms. The van der Waals surface area contributed by atoms with Crippen LogP contribution in [0.3, 0.4) is 0 Å². The number of methoxy groups -OCH3 is 1. The van der Waals surface area contributed by atoms with Gasteiger partial charge in [-0.1, -0.05) is 54.1 Å². The summed E-state index contributed by atoms with van der Waals surface area (Å²) in [7, 11) is 1.63. The number of nitrogens with zero attached hydrogens (tertiary/aromatic N) is 1. The lowest BCUT2D eigenvalue weighted by Gasteiger charge is -2.22. The molecule has 0 aliphatic carbocycles. The molecule has 3 nitrogen and oxygen atoms in total. The number of hydrogen-bond donors (Lipinski definition) is 0. The number of carbonyl (C=O) groups excluding carboxylic acids is 1. The van der Waals surface area contributed by atoms with Gasteiger partial charge in [0, 0.05) is 10.6 Å². The maximum absolute atomic E-state index is 13.4. The van der Waals surface area contributed by atoms with Gasteiger partial charge in [0.2, 0.25) is 0 Å². The zero-order valence-corrected chi connectivity index (χ0v) is 17.0. The summed E-state index contributed by atoms with van der Waals surface area (Å²) in [5, 5.41) is 0.662. The van der Waals surface area contributed by atoms with E-state index in [-0.39, 0.29) is 5.91 Å². The first-order chi connectivity index (χ1) is 14.1. The van der Waals surface area contributed by atoms with E-state index in [9.17, 15) is 4.79 Å². The Morgan fingerprint density at radius 1 is 0.931 bits per heavy atom. The topological polar surface area (TPSA) is 29.5 Å². The van der Waals surface area contributed by atoms with Crippen LogP contribution in [0.2, 0.25) is 5.02 Å². The second-order valence-electron chi connectivity index (χ2n) is 6.84. The number of ether oxygens (including phenoxy) is 1. The highest BCUT2D eigenvalue weighted by Gasteiger charge is 2.31. The van der Waals surface area contributed by atoms with Crippen LogP contribution in [-0.2, 0) is 4.79 Å². The molecule has 0 bridgehead atoms. The number of aryl methyl sites for hydroxylation is 1. The number of amides is 1. The molecular formula is C25H20ClNO2. The molecule has 144 valence electrons. The highest BCUT2D eigenvalue weighted by atomic mass is 35.5. The Hall–Kier alpha value is -3.30. The van der Waals surface area contributed by atoms with Gasteiger partial charge in [-0.2, -0.15) is 0 Å². The molecule has 1 heterocycles. The van der Waals surface area contributed by atoms with E-state index >= 15 is 0 Å². The minimum atomic E-state index is -0.0555. The first-order valence-corrected chi connectivity index (χ1v) is 9.68.